The molecule has 0 saturated heterocycles. The molecule has 0 aliphatic heterocycles. The number of pyridine rings is 1. The third kappa shape index (κ3) is 4.77. The Morgan fingerprint density at radius 1 is 1.16 bits per heavy atom. The summed E-state index contributed by atoms with van der Waals surface area (Å²) < 4.78 is 16.0. The summed E-state index contributed by atoms with van der Waals surface area (Å²) in [5, 5.41) is 7.17. The molecule has 0 aliphatic carbocycles. The molecule has 3 aromatic rings. The minimum absolute atomic E-state index is 0.175. The molecule has 1 aromatic carbocycles. The van der Waals surface area contributed by atoms with Gasteiger partial charge in [0.25, 0.3) is 5.89 Å². The van der Waals surface area contributed by atoms with E-state index >= 15 is 0 Å². The first-order valence-corrected chi connectivity index (χ1v) is 7.97. The van der Waals surface area contributed by atoms with Crippen molar-refractivity contribution in [3.8, 4) is 17.2 Å². The lowest BCUT2D eigenvalue weighted by Gasteiger charge is -2.12. The van der Waals surface area contributed by atoms with Crippen molar-refractivity contribution in [1.82, 2.24) is 15.1 Å². The van der Waals surface area contributed by atoms with Gasteiger partial charge in [0.1, 0.15) is 11.6 Å². The molecule has 25 heavy (non-hydrogen) atoms. The third-order valence-electron chi connectivity index (χ3n) is 3.40. The standard InChI is InChI=1S/C18H20N4O3/c1-13(11-23-2)20-16-9-8-14(10-19-16)18-21-17(22-25-18)12-24-15-6-4-3-5-7-15/h3-10,13H,11-12H2,1-2H3,(H,19,20)/t13-/m1/s1. The summed E-state index contributed by atoms with van der Waals surface area (Å²) >= 11 is 0. The van der Waals surface area contributed by atoms with Crippen LogP contribution in [-0.4, -0.2) is 34.9 Å². The van der Waals surface area contributed by atoms with Gasteiger partial charge < -0.3 is 19.3 Å². The second-order valence-corrected chi connectivity index (χ2v) is 5.55. The van der Waals surface area contributed by atoms with E-state index < -0.39 is 0 Å². The van der Waals surface area contributed by atoms with Gasteiger partial charge in [-0.3, -0.25) is 0 Å². The van der Waals surface area contributed by atoms with Crippen molar-refractivity contribution in [2.75, 3.05) is 19.0 Å². The summed E-state index contributed by atoms with van der Waals surface area (Å²) in [6, 6.07) is 13.4. The average Bonchev–Trinajstić information content (AvgIpc) is 3.11. The van der Waals surface area contributed by atoms with E-state index in [4.69, 9.17) is 14.0 Å². The Kier molecular flexibility index (Phi) is 5.58. The quantitative estimate of drug-likeness (QED) is 0.674. The summed E-state index contributed by atoms with van der Waals surface area (Å²) in [6.07, 6.45) is 1.69. The maximum absolute atomic E-state index is 5.60. The lowest BCUT2D eigenvalue weighted by atomic mass is 10.2. The number of nitrogens with one attached hydrogen (secondary N) is 1. The van der Waals surface area contributed by atoms with Crippen LogP contribution in [0.15, 0.2) is 53.2 Å². The fraction of sp³-hybridized carbons (Fsp3) is 0.278. The summed E-state index contributed by atoms with van der Waals surface area (Å²) in [5.74, 6) is 2.42. The van der Waals surface area contributed by atoms with Gasteiger partial charge in [0, 0.05) is 19.3 Å². The zero-order valence-corrected chi connectivity index (χ0v) is 14.2. The van der Waals surface area contributed by atoms with Gasteiger partial charge in [-0.1, -0.05) is 23.4 Å². The molecule has 130 valence electrons. The summed E-state index contributed by atoms with van der Waals surface area (Å²) in [7, 11) is 1.67. The molecule has 0 unspecified atom stereocenters. The number of ether oxygens (including phenoxy) is 2. The van der Waals surface area contributed by atoms with E-state index in [2.05, 4.69) is 20.4 Å². The number of para-hydroxylation sites is 1. The van der Waals surface area contributed by atoms with Crippen molar-refractivity contribution in [3.63, 3.8) is 0 Å². The van der Waals surface area contributed by atoms with Gasteiger partial charge >= 0.3 is 0 Å². The van der Waals surface area contributed by atoms with Crippen LogP contribution >= 0.6 is 0 Å². The van der Waals surface area contributed by atoms with Crippen LogP contribution in [0.4, 0.5) is 5.82 Å². The van der Waals surface area contributed by atoms with Crippen molar-refractivity contribution in [2.45, 2.75) is 19.6 Å². The zero-order valence-electron chi connectivity index (χ0n) is 14.2. The number of anilines is 1. The number of hydrogen-bond donors (Lipinski definition) is 1. The van der Waals surface area contributed by atoms with E-state index in [9.17, 15) is 0 Å². The Hall–Kier alpha value is -2.93. The van der Waals surface area contributed by atoms with Crippen LogP contribution in [0, 0.1) is 0 Å². The number of aromatic nitrogens is 3. The first kappa shape index (κ1) is 16.9. The number of methoxy groups -OCH3 is 1. The van der Waals surface area contributed by atoms with E-state index in [-0.39, 0.29) is 12.6 Å². The molecule has 1 atom stereocenters. The molecule has 2 heterocycles. The maximum Gasteiger partial charge on any atom is 0.259 e. The van der Waals surface area contributed by atoms with Gasteiger partial charge in [0.2, 0.25) is 5.82 Å². The van der Waals surface area contributed by atoms with Crippen LogP contribution in [-0.2, 0) is 11.3 Å². The fourth-order valence-electron chi connectivity index (χ4n) is 2.24. The first-order valence-electron chi connectivity index (χ1n) is 7.97. The first-order chi connectivity index (χ1) is 12.2. The lowest BCUT2D eigenvalue weighted by Crippen LogP contribution is -2.21. The molecule has 1 N–H and O–H groups in total. The molecule has 0 spiro atoms. The van der Waals surface area contributed by atoms with E-state index in [1.165, 1.54) is 0 Å². The highest BCUT2D eigenvalue weighted by Gasteiger charge is 2.10. The van der Waals surface area contributed by atoms with Gasteiger partial charge in [0.05, 0.1) is 12.2 Å². The van der Waals surface area contributed by atoms with Gasteiger partial charge in [-0.15, -0.1) is 0 Å². The minimum atomic E-state index is 0.175. The largest absolute Gasteiger partial charge is 0.485 e. The van der Waals surface area contributed by atoms with Crippen LogP contribution in [0.1, 0.15) is 12.7 Å². The number of hydrogen-bond acceptors (Lipinski definition) is 7. The van der Waals surface area contributed by atoms with Gasteiger partial charge in [0.15, 0.2) is 6.61 Å². The molecule has 0 bridgehead atoms. The van der Waals surface area contributed by atoms with E-state index in [0.29, 0.717) is 18.3 Å². The highest BCUT2D eigenvalue weighted by atomic mass is 16.5. The van der Waals surface area contributed by atoms with E-state index in [1.54, 1.807) is 13.3 Å². The smallest absolute Gasteiger partial charge is 0.259 e. The van der Waals surface area contributed by atoms with Crippen molar-refractivity contribution in [1.29, 1.82) is 0 Å². The second kappa shape index (κ2) is 8.25. The SMILES string of the molecule is COC[C@@H](C)Nc1ccc(-c2nc(COc3ccccc3)no2)cn1. The number of rotatable bonds is 8. The molecule has 0 fully saturated rings. The summed E-state index contributed by atoms with van der Waals surface area (Å²) in [4.78, 5) is 8.69. The predicted octanol–water partition coefficient (Wildman–Crippen LogP) is 3.16. The highest BCUT2D eigenvalue weighted by Crippen LogP contribution is 2.18. The average molecular weight is 340 g/mol. The molecule has 0 radical (unpaired) electrons. The molecule has 0 amide bonds. The maximum atomic E-state index is 5.60. The van der Waals surface area contributed by atoms with Crippen LogP contribution < -0.4 is 10.1 Å². The molecular formula is C18H20N4O3. The molecule has 0 aliphatic rings. The van der Waals surface area contributed by atoms with E-state index in [1.807, 2.05) is 49.4 Å². The topological polar surface area (TPSA) is 82.3 Å². The minimum Gasteiger partial charge on any atom is -0.485 e. The molecule has 2 aromatic heterocycles. The Labute approximate surface area is 146 Å². The fourth-order valence-corrected chi connectivity index (χ4v) is 2.24. The number of nitrogens with zero attached hydrogens (tertiary/aromatic N) is 3. The Balaban J connectivity index is 1.60. The monoisotopic (exact) mass is 340 g/mol. The third-order valence-corrected chi connectivity index (χ3v) is 3.40. The summed E-state index contributed by atoms with van der Waals surface area (Å²) in [5.41, 5.74) is 0.753. The Morgan fingerprint density at radius 3 is 2.72 bits per heavy atom. The Bertz CT molecular complexity index is 775. The van der Waals surface area contributed by atoms with Gasteiger partial charge in [-0.05, 0) is 31.2 Å². The summed E-state index contributed by atoms with van der Waals surface area (Å²) in [6.45, 7) is 2.88. The normalized spacial score (nSPS) is 11.9. The Morgan fingerprint density at radius 2 is 2.00 bits per heavy atom. The lowest BCUT2D eigenvalue weighted by molar-refractivity contribution is 0.190. The second-order valence-electron chi connectivity index (χ2n) is 5.55. The van der Waals surface area contributed by atoms with Crippen LogP contribution in [0.2, 0.25) is 0 Å². The molecule has 0 saturated carbocycles. The molecule has 3 rings (SSSR count). The van der Waals surface area contributed by atoms with Crippen LogP contribution in [0.25, 0.3) is 11.5 Å². The van der Waals surface area contributed by atoms with Crippen molar-refractivity contribution in [2.24, 2.45) is 0 Å². The van der Waals surface area contributed by atoms with Crippen molar-refractivity contribution < 1.29 is 14.0 Å². The van der Waals surface area contributed by atoms with Gasteiger partial charge in [-0.25, -0.2) is 4.98 Å². The predicted molar refractivity (Wildman–Crippen MR) is 93.3 cm³/mol. The van der Waals surface area contributed by atoms with Crippen molar-refractivity contribution in [3.05, 3.63) is 54.5 Å². The highest BCUT2D eigenvalue weighted by molar-refractivity contribution is 5.54. The zero-order chi connectivity index (χ0) is 17.5. The van der Waals surface area contributed by atoms with Crippen molar-refractivity contribution >= 4 is 5.82 Å². The van der Waals surface area contributed by atoms with Gasteiger partial charge in [-0.2, -0.15) is 4.98 Å². The molecule has 7 heteroatoms. The molecular weight excluding hydrogens is 320 g/mol. The van der Waals surface area contributed by atoms with Crippen LogP contribution in [0.5, 0.6) is 5.75 Å². The molecule has 7 nitrogen and oxygen atoms in total. The van der Waals surface area contributed by atoms with Crippen LogP contribution in [0.3, 0.4) is 0 Å². The van der Waals surface area contributed by atoms with E-state index in [0.717, 1.165) is 17.1 Å². The number of benzene rings is 1.